The van der Waals surface area contributed by atoms with Crippen LogP contribution in [0.1, 0.15) is 0 Å². The highest BCUT2D eigenvalue weighted by molar-refractivity contribution is 5.54. The lowest BCUT2D eigenvalue weighted by Gasteiger charge is -2.05. The van der Waals surface area contributed by atoms with Gasteiger partial charge in [0.2, 0.25) is 6.29 Å². The number of rotatable bonds is 1. The molecule has 0 aromatic rings. The molecule has 0 aliphatic carbocycles. The van der Waals surface area contributed by atoms with Crippen molar-refractivity contribution in [3.8, 4) is 0 Å². The van der Waals surface area contributed by atoms with Crippen molar-refractivity contribution in [1.82, 2.24) is 0 Å². The molecule has 0 fully saturated rings. The molecular weight excluding hydrogens is 120 g/mol. The molecule has 0 atom stereocenters. The molecule has 0 saturated heterocycles. The van der Waals surface area contributed by atoms with Gasteiger partial charge in [0.1, 0.15) is 0 Å². The minimum absolute atomic E-state index is 0.583. The molecule has 0 aromatic heterocycles. The second-order valence-corrected chi connectivity index (χ2v) is 1.43. The van der Waals surface area contributed by atoms with E-state index in [1.54, 1.807) is 12.2 Å². The predicted molar refractivity (Wildman–Crippen MR) is 30.3 cm³/mol. The molecule has 0 aromatic carbocycles. The van der Waals surface area contributed by atoms with E-state index in [2.05, 4.69) is 0 Å². The molecular formula is C6H6O3. The SMILES string of the molecule is O=CC1OC=CC=CO1. The summed E-state index contributed by atoms with van der Waals surface area (Å²) in [4.78, 5) is 9.99. The topological polar surface area (TPSA) is 35.5 Å². The summed E-state index contributed by atoms with van der Waals surface area (Å²) in [6.45, 7) is 0. The molecule has 0 amide bonds. The zero-order chi connectivity index (χ0) is 6.53. The number of allylic oxidation sites excluding steroid dienone is 2. The summed E-state index contributed by atoms with van der Waals surface area (Å²) in [5.41, 5.74) is 0. The first-order valence-electron chi connectivity index (χ1n) is 2.51. The van der Waals surface area contributed by atoms with Gasteiger partial charge in [0.15, 0.2) is 0 Å². The minimum atomic E-state index is -0.778. The molecule has 1 aliphatic heterocycles. The Balaban J connectivity index is 2.49. The van der Waals surface area contributed by atoms with Crippen molar-refractivity contribution in [3.05, 3.63) is 24.7 Å². The van der Waals surface area contributed by atoms with E-state index in [0.29, 0.717) is 6.29 Å². The molecule has 9 heavy (non-hydrogen) atoms. The second kappa shape index (κ2) is 2.91. The number of ether oxygens (including phenoxy) is 2. The third-order valence-corrected chi connectivity index (χ3v) is 0.805. The van der Waals surface area contributed by atoms with Crippen molar-refractivity contribution in [2.75, 3.05) is 0 Å². The van der Waals surface area contributed by atoms with Gasteiger partial charge in [-0.15, -0.1) is 0 Å². The Morgan fingerprint density at radius 3 is 2.22 bits per heavy atom. The number of carbonyl (C=O) groups is 1. The molecule has 1 aliphatic rings. The zero-order valence-electron chi connectivity index (χ0n) is 4.69. The summed E-state index contributed by atoms with van der Waals surface area (Å²) < 4.78 is 9.44. The Morgan fingerprint density at radius 1 is 1.22 bits per heavy atom. The highest BCUT2D eigenvalue weighted by Gasteiger charge is 2.03. The van der Waals surface area contributed by atoms with Gasteiger partial charge in [0.25, 0.3) is 6.29 Å². The van der Waals surface area contributed by atoms with Crippen LogP contribution in [0, 0.1) is 0 Å². The van der Waals surface area contributed by atoms with Crippen LogP contribution in [0.25, 0.3) is 0 Å². The monoisotopic (exact) mass is 126 g/mol. The number of hydrogen-bond acceptors (Lipinski definition) is 3. The van der Waals surface area contributed by atoms with Gasteiger partial charge in [0.05, 0.1) is 12.5 Å². The minimum Gasteiger partial charge on any atom is -0.456 e. The van der Waals surface area contributed by atoms with Gasteiger partial charge in [-0.25, -0.2) is 0 Å². The number of aldehydes is 1. The van der Waals surface area contributed by atoms with Crippen molar-refractivity contribution in [1.29, 1.82) is 0 Å². The van der Waals surface area contributed by atoms with Gasteiger partial charge in [-0.05, 0) is 12.2 Å². The Hall–Kier alpha value is -1.25. The van der Waals surface area contributed by atoms with E-state index in [0.717, 1.165) is 0 Å². The van der Waals surface area contributed by atoms with E-state index in [1.165, 1.54) is 12.5 Å². The predicted octanol–water partition coefficient (Wildman–Crippen LogP) is 0.586. The van der Waals surface area contributed by atoms with Gasteiger partial charge < -0.3 is 9.47 Å². The summed E-state index contributed by atoms with van der Waals surface area (Å²) >= 11 is 0. The highest BCUT2D eigenvalue weighted by Crippen LogP contribution is 1.97. The molecule has 1 heterocycles. The summed E-state index contributed by atoms with van der Waals surface area (Å²) in [7, 11) is 0. The molecule has 0 bridgehead atoms. The first kappa shape index (κ1) is 5.88. The fourth-order valence-corrected chi connectivity index (χ4v) is 0.433. The van der Waals surface area contributed by atoms with Crippen molar-refractivity contribution in [2.45, 2.75) is 6.29 Å². The van der Waals surface area contributed by atoms with E-state index in [9.17, 15) is 4.79 Å². The standard InChI is InChI=1S/C6H6O3/c7-5-6-8-3-1-2-4-9-6/h1-6H. The largest absolute Gasteiger partial charge is 0.456 e. The Kier molecular flexibility index (Phi) is 1.90. The average molecular weight is 126 g/mol. The molecule has 0 unspecified atom stereocenters. The molecule has 0 radical (unpaired) electrons. The van der Waals surface area contributed by atoms with Crippen LogP contribution in [0.4, 0.5) is 0 Å². The molecule has 0 spiro atoms. The summed E-state index contributed by atoms with van der Waals surface area (Å²) in [6.07, 6.45) is 5.90. The van der Waals surface area contributed by atoms with Crippen molar-refractivity contribution < 1.29 is 14.3 Å². The van der Waals surface area contributed by atoms with E-state index in [4.69, 9.17) is 9.47 Å². The van der Waals surface area contributed by atoms with Crippen LogP contribution in [-0.4, -0.2) is 12.6 Å². The Morgan fingerprint density at radius 2 is 1.78 bits per heavy atom. The zero-order valence-corrected chi connectivity index (χ0v) is 4.69. The average Bonchev–Trinajstić information content (AvgIpc) is 2.13. The van der Waals surface area contributed by atoms with Gasteiger partial charge in [-0.2, -0.15) is 0 Å². The normalized spacial score (nSPS) is 17.8. The third-order valence-electron chi connectivity index (χ3n) is 0.805. The van der Waals surface area contributed by atoms with Crippen LogP contribution in [-0.2, 0) is 14.3 Å². The van der Waals surface area contributed by atoms with Gasteiger partial charge in [0, 0.05) is 0 Å². The fraction of sp³-hybridized carbons (Fsp3) is 0.167. The fourth-order valence-electron chi connectivity index (χ4n) is 0.433. The summed E-state index contributed by atoms with van der Waals surface area (Å²) in [5.74, 6) is 0. The van der Waals surface area contributed by atoms with E-state index < -0.39 is 6.29 Å². The van der Waals surface area contributed by atoms with Gasteiger partial charge in [-0.1, -0.05) is 0 Å². The van der Waals surface area contributed by atoms with E-state index >= 15 is 0 Å². The van der Waals surface area contributed by atoms with Crippen molar-refractivity contribution >= 4 is 6.29 Å². The highest BCUT2D eigenvalue weighted by atomic mass is 16.7. The number of carbonyl (C=O) groups excluding carboxylic acids is 1. The number of hydrogen-bond donors (Lipinski definition) is 0. The lowest BCUT2D eigenvalue weighted by Crippen LogP contribution is -2.11. The maximum Gasteiger partial charge on any atom is 0.296 e. The molecule has 3 heteroatoms. The lowest BCUT2D eigenvalue weighted by molar-refractivity contribution is -0.133. The van der Waals surface area contributed by atoms with Crippen LogP contribution in [0.15, 0.2) is 24.7 Å². The van der Waals surface area contributed by atoms with Crippen LogP contribution in [0.3, 0.4) is 0 Å². The van der Waals surface area contributed by atoms with E-state index in [1.807, 2.05) is 0 Å². The van der Waals surface area contributed by atoms with Crippen molar-refractivity contribution in [2.24, 2.45) is 0 Å². The Bertz CT molecular complexity index is 134. The lowest BCUT2D eigenvalue weighted by atomic mass is 10.6. The first-order chi connectivity index (χ1) is 4.43. The first-order valence-corrected chi connectivity index (χ1v) is 2.51. The maximum absolute atomic E-state index is 9.99. The summed E-state index contributed by atoms with van der Waals surface area (Å²) in [5, 5.41) is 0. The molecule has 0 N–H and O–H groups in total. The van der Waals surface area contributed by atoms with E-state index in [-0.39, 0.29) is 0 Å². The van der Waals surface area contributed by atoms with Crippen LogP contribution < -0.4 is 0 Å². The van der Waals surface area contributed by atoms with Crippen molar-refractivity contribution in [3.63, 3.8) is 0 Å². The van der Waals surface area contributed by atoms with Crippen LogP contribution >= 0.6 is 0 Å². The smallest absolute Gasteiger partial charge is 0.296 e. The van der Waals surface area contributed by atoms with Gasteiger partial charge >= 0.3 is 0 Å². The van der Waals surface area contributed by atoms with Gasteiger partial charge in [-0.3, -0.25) is 4.79 Å². The quantitative estimate of drug-likeness (QED) is 0.482. The second-order valence-electron chi connectivity index (χ2n) is 1.43. The molecule has 1 rings (SSSR count). The molecule has 48 valence electrons. The molecule has 3 nitrogen and oxygen atoms in total. The van der Waals surface area contributed by atoms with Crippen LogP contribution in [0.5, 0.6) is 0 Å². The maximum atomic E-state index is 9.99. The Labute approximate surface area is 52.6 Å². The third kappa shape index (κ3) is 1.60. The molecule has 0 saturated carbocycles. The summed E-state index contributed by atoms with van der Waals surface area (Å²) in [6, 6.07) is 0. The van der Waals surface area contributed by atoms with Crippen LogP contribution in [0.2, 0.25) is 0 Å².